The molecule has 0 saturated carbocycles. The number of rotatable bonds is 9. The second-order valence-corrected chi connectivity index (χ2v) is 6.22. The van der Waals surface area contributed by atoms with Gasteiger partial charge < -0.3 is 14.8 Å². The zero-order valence-corrected chi connectivity index (χ0v) is 16.5. The van der Waals surface area contributed by atoms with Crippen LogP contribution in [0.3, 0.4) is 0 Å². The summed E-state index contributed by atoms with van der Waals surface area (Å²) < 4.78 is 24.0. The van der Waals surface area contributed by atoms with Gasteiger partial charge >= 0.3 is 0 Å². The van der Waals surface area contributed by atoms with Gasteiger partial charge in [-0.3, -0.25) is 15.6 Å². The van der Waals surface area contributed by atoms with Crippen LogP contribution < -0.4 is 25.6 Å². The lowest BCUT2D eigenvalue weighted by molar-refractivity contribution is -0.121. The highest BCUT2D eigenvalue weighted by Crippen LogP contribution is 2.26. The average molecular weight is 405 g/mol. The third kappa shape index (κ3) is 7.79. The van der Waals surface area contributed by atoms with Crippen molar-refractivity contribution >= 4 is 23.2 Å². The Labute approximate surface area is 169 Å². The van der Waals surface area contributed by atoms with E-state index in [4.69, 9.17) is 21.7 Å². The molecule has 0 aliphatic heterocycles. The number of hydrogen-bond donors (Lipinski definition) is 3. The first kappa shape index (κ1) is 21.4. The van der Waals surface area contributed by atoms with Gasteiger partial charge in [-0.2, -0.15) is 0 Å². The van der Waals surface area contributed by atoms with Crippen molar-refractivity contribution in [3.05, 3.63) is 59.9 Å². The minimum atomic E-state index is -0.290. The topological polar surface area (TPSA) is 71.6 Å². The number of carbonyl (C=O) groups excluding carboxylic acids is 1. The van der Waals surface area contributed by atoms with Gasteiger partial charge in [0.1, 0.15) is 5.82 Å². The number of hydrogen-bond acceptors (Lipinski definition) is 4. The van der Waals surface area contributed by atoms with Crippen molar-refractivity contribution < 1.29 is 18.7 Å². The molecule has 0 fully saturated rings. The first-order valence-electron chi connectivity index (χ1n) is 9.00. The lowest BCUT2D eigenvalue weighted by Gasteiger charge is -2.13. The van der Waals surface area contributed by atoms with Crippen molar-refractivity contribution in [2.45, 2.75) is 26.3 Å². The molecule has 0 unspecified atom stereocenters. The van der Waals surface area contributed by atoms with Gasteiger partial charge in [-0.1, -0.05) is 24.3 Å². The molecule has 0 aliphatic carbocycles. The molecule has 0 aromatic heterocycles. The summed E-state index contributed by atoms with van der Waals surface area (Å²) in [5.41, 5.74) is 6.04. The largest absolute Gasteiger partial charge is 0.490 e. The van der Waals surface area contributed by atoms with Gasteiger partial charge in [-0.05, 0) is 55.4 Å². The summed E-state index contributed by atoms with van der Waals surface area (Å²) >= 11 is 5.09. The Kier molecular flexibility index (Phi) is 9.00. The second kappa shape index (κ2) is 11.8. The van der Waals surface area contributed by atoms with Gasteiger partial charge in [0.2, 0.25) is 5.91 Å². The molecule has 1 amide bonds. The molecular formula is C20H24FN3O3S. The summed E-state index contributed by atoms with van der Waals surface area (Å²) in [6, 6.07) is 13.5. The number of hydrazine groups is 1. The van der Waals surface area contributed by atoms with Crippen LogP contribution in [-0.4, -0.2) is 24.2 Å². The molecule has 3 N–H and O–H groups in total. The van der Waals surface area contributed by atoms with Crippen molar-refractivity contribution in [1.29, 1.82) is 0 Å². The Morgan fingerprint density at radius 1 is 1.04 bits per heavy atom. The number of amides is 1. The Morgan fingerprint density at radius 3 is 2.39 bits per heavy atom. The van der Waals surface area contributed by atoms with Crippen LogP contribution in [0.1, 0.15) is 25.3 Å². The van der Waals surface area contributed by atoms with E-state index in [1.807, 2.05) is 31.2 Å². The summed E-state index contributed by atoms with van der Waals surface area (Å²) in [4.78, 5) is 11.9. The molecule has 0 saturated heterocycles. The smallest absolute Gasteiger partial charge is 0.238 e. The fourth-order valence-corrected chi connectivity index (χ4v) is 2.40. The van der Waals surface area contributed by atoms with Crippen LogP contribution >= 0.6 is 12.2 Å². The van der Waals surface area contributed by atoms with Crippen LogP contribution in [-0.2, 0) is 11.3 Å². The summed E-state index contributed by atoms with van der Waals surface area (Å²) in [5.74, 6) is 0.859. The lowest BCUT2D eigenvalue weighted by Crippen LogP contribution is -2.46. The number of carbonyl (C=O) groups is 1. The molecular weight excluding hydrogens is 381 g/mol. The van der Waals surface area contributed by atoms with Gasteiger partial charge in [0, 0.05) is 13.0 Å². The van der Waals surface area contributed by atoms with Gasteiger partial charge in [0.25, 0.3) is 0 Å². The summed E-state index contributed by atoms with van der Waals surface area (Å²) in [6.45, 7) is 3.29. The highest BCUT2D eigenvalue weighted by atomic mass is 32.1. The normalized spacial score (nSPS) is 10.1. The van der Waals surface area contributed by atoms with Crippen LogP contribution in [0.5, 0.6) is 11.5 Å². The molecule has 2 aromatic carbocycles. The molecule has 6 nitrogen and oxygen atoms in total. The predicted molar refractivity (Wildman–Crippen MR) is 109 cm³/mol. The average Bonchev–Trinajstić information content (AvgIpc) is 2.70. The molecule has 0 radical (unpaired) electrons. The maximum Gasteiger partial charge on any atom is 0.238 e. The third-order valence-electron chi connectivity index (χ3n) is 3.64. The van der Waals surface area contributed by atoms with Gasteiger partial charge in [-0.25, -0.2) is 4.39 Å². The van der Waals surface area contributed by atoms with Crippen molar-refractivity contribution in [3.8, 4) is 11.5 Å². The molecule has 28 heavy (non-hydrogen) atoms. The molecule has 2 aromatic rings. The minimum Gasteiger partial charge on any atom is -0.490 e. The van der Waals surface area contributed by atoms with Crippen LogP contribution in [0.25, 0.3) is 0 Å². The Morgan fingerprint density at radius 2 is 1.71 bits per heavy atom. The second-order valence-electron chi connectivity index (χ2n) is 5.81. The van der Waals surface area contributed by atoms with Gasteiger partial charge in [-0.15, -0.1) is 0 Å². The lowest BCUT2D eigenvalue weighted by atomic mass is 10.2. The fraction of sp³-hybridized carbons (Fsp3) is 0.300. The molecule has 0 spiro atoms. The molecule has 0 aliphatic rings. The van der Waals surface area contributed by atoms with E-state index in [0.29, 0.717) is 37.7 Å². The van der Waals surface area contributed by atoms with Crippen molar-refractivity contribution in [2.75, 3.05) is 13.2 Å². The van der Waals surface area contributed by atoms with Crippen LogP contribution in [0.2, 0.25) is 0 Å². The summed E-state index contributed by atoms with van der Waals surface area (Å²) in [7, 11) is 0. The predicted octanol–water partition coefficient (Wildman–Crippen LogP) is 3.08. The van der Waals surface area contributed by atoms with Crippen LogP contribution in [0.15, 0.2) is 48.5 Å². The van der Waals surface area contributed by atoms with E-state index < -0.39 is 0 Å². The molecule has 0 bridgehead atoms. The standard InChI is InChI=1S/C20H24FN3O3S/c1-2-26-17-6-3-4-7-18(17)27-13-5-8-19(25)23-24-20(28)22-14-15-9-11-16(21)12-10-15/h3-4,6-7,9-12H,2,5,8,13-14H2,1H3,(H,23,25)(H2,22,24,28). The van der Waals surface area contributed by atoms with Crippen molar-refractivity contribution in [1.82, 2.24) is 16.2 Å². The molecule has 150 valence electrons. The first-order valence-corrected chi connectivity index (χ1v) is 9.41. The first-order chi connectivity index (χ1) is 13.6. The Balaban J connectivity index is 1.59. The summed E-state index contributed by atoms with van der Waals surface area (Å²) in [6.07, 6.45) is 0.827. The molecule has 0 heterocycles. The minimum absolute atomic E-state index is 0.201. The summed E-state index contributed by atoms with van der Waals surface area (Å²) in [5, 5.41) is 3.20. The highest BCUT2D eigenvalue weighted by Gasteiger charge is 2.05. The quantitative estimate of drug-likeness (QED) is 0.338. The van der Waals surface area contributed by atoms with E-state index in [1.165, 1.54) is 12.1 Å². The fourth-order valence-electron chi connectivity index (χ4n) is 2.28. The number of benzene rings is 2. The monoisotopic (exact) mass is 405 g/mol. The van der Waals surface area contributed by atoms with Gasteiger partial charge in [0.05, 0.1) is 13.2 Å². The Hall–Kier alpha value is -2.87. The SMILES string of the molecule is CCOc1ccccc1OCCCC(=O)NNC(=S)NCc1ccc(F)cc1. The van der Waals surface area contributed by atoms with E-state index in [2.05, 4.69) is 16.2 Å². The number of para-hydroxylation sites is 2. The van der Waals surface area contributed by atoms with Crippen LogP contribution in [0, 0.1) is 5.82 Å². The maximum atomic E-state index is 12.9. The van der Waals surface area contributed by atoms with Gasteiger partial charge in [0.15, 0.2) is 16.6 Å². The highest BCUT2D eigenvalue weighted by molar-refractivity contribution is 7.80. The molecule has 0 atom stereocenters. The number of thiocarbonyl (C=S) groups is 1. The Bertz CT molecular complexity index is 772. The van der Waals surface area contributed by atoms with E-state index in [1.54, 1.807) is 12.1 Å². The maximum absolute atomic E-state index is 12.9. The zero-order valence-electron chi connectivity index (χ0n) is 15.7. The van der Waals surface area contributed by atoms with Crippen molar-refractivity contribution in [3.63, 3.8) is 0 Å². The van der Waals surface area contributed by atoms with E-state index in [9.17, 15) is 9.18 Å². The number of halogens is 1. The zero-order chi connectivity index (χ0) is 20.2. The molecule has 2 rings (SSSR count). The molecule has 8 heteroatoms. The van der Waals surface area contributed by atoms with Crippen LogP contribution in [0.4, 0.5) is 4.39 Å². The van der Waals surface area contributed by atoms with E-state index in [-0.39, 0.29) is 23.3 Å². The number of nitrogens with one attached hydrogen (secondary N) is 3. The van der Waals surface area contributed by atoms with E-state index >= 15 is 0 Å². The number of ether oxygens (including phenoxy) is 2. The van der Waals surface area contributed by atoms with E-state index in [0.717, 1.165) is 5.56 Å². The van der Waals surface area contributed by atoms with Crippen molar-refractivity contribution in [2.24, 2.45) is 0 Å². The third-order valence-corrected chi connectivity index (χ3v) is 3.88.